The molecule has 0 aliphatic heterocycles. The molecule has 1 unspecified atom stereocenters. The lowest BCUT2D eigenvalue weighted by Crippen LogP contribution is -2.48. The first-order valence-corrected chi connectivity index (χ1v) is 7.56. The largest absolute Gasteiger partial charge is 0.449 e. The molecule has 2 amide bonds. The van der Waals surface area contributed by atoms with Crippen LogP contribution < -0.4 is 10.2 Å². The van der Waals surface area contributed by atoms with E-state index in [4.69, 9.17) is 14.2 Å². The van der Waals surface area contributed by atoms with Crippen LogP contribution in [0.25, 0.3) is 0 Å². The molecule has 0 saturated carbocycles. The smallest absolute Gasteiger partial charge is 0.429 e. The molecule has 8 nitrogen and oxygen atoms in total. The van der Waals surface area contributed by atoms with Gasteiger partial charge in [0, 0.05) is 6.92 Å². The molecule has 0 radical (unpaired) electrons. The maximum Gasteiger partial charge on any atom is 0.429 e. The highest BCUT2D eigenvalue weighted by molar-refractivity contribution is 5.74. The van der Waals surface area contributed by atoms with Gasteiger partial charge in [-0.05, 0) is 38.5 Å². The summed E-state index contributed by atoms with van der Waals surface area (Å²) in [5, 5.41) is 1.04. The lowest BCUT2D eigenvalue weighted by Gasteiger charge is -2.28. The molecule has 24 heavy (non-hydrogen) atoms. The zero-order chi connectivity index (χ0) is 18.1. The van der Waals surface area contributed by atoms with Crippen molar-refractivity contribution in [2.24, 2.45) is 0 Å². The summed E-state index contributed by atoms with van der Waals surface area (Å²) in [6.07, 6.45) is -1.46. The summed E-state index contributed by atoms with van der Waals surface area (Å²) >= 11 is 0. The van der Waals surface area contributed by atoms with Crippen molar-refractivity contribution in [2.45, 2.75) is 33.7 Å². The second-order valence-electron chi connectivity index (χ2n) is 4.74. The van der Waals surface area contributed by atoms with Gasteiger partial charge in [0.25, 0.3) is 0 Å². The molecule has 0 saturated heterocycles. The highest BCUT2D eigenvalue weighted by Gasteiger charge is 2.25. The minimum Gasteiger partial charge on any atom is -0.449 e. The molecular weight excluding hydrogens is 316 g/mol. The van der Waals surface area contributed by atoms with Crippen molar-refractivity contribution in [1.82, 2.24) is 10.4 Å². The third-order valence-corrected chi connectivity index (χ3v) is 2.96. The zero-order valence-electron chi connectivity index (χ0n) is 14.2. The Kier molecular flexibility index (Phi) is 7.54. The Morgan fingerprint density at radius 2 is 1.67 bits per heavy atom. The quantitative estimate of drug-likeness (QED) is 0.504. The third-order valence-electron chi connectivity index (χ3n) is 2.96. The average Bonchev–Trinajstić information content (AvgIpc) is 2.52. The van der Waals surface area contributed by atoms with Crippen molar-refractivity contribution in [3.8, 4) is 5.75 Å². The monoisotopic (exact) mass is 338 g/mol. The van der Waals surface area contributed by atoms with Gasteiger partial charge in [-0.2, -0.15) is 0 Å². The molecule has 0 spiro atoms. The molecular formula is C16H22N2O6. The minimum atomic E-state index is -0.756. The summed E-state index contributed by atoms with van der Waals surface area (Å²) in [6.45, 7) is 6.68. The first kappa shape index (κ1) is 19.3. The Bertz CT molecular complexity index is 572. The number of esters is 1. The predicted octanol–water partition coefficient (Wildman–Crippen LogP) is 2.79. The van der Waals surface area contributed by atoms with Gasteiger partial charge < -0.3 is 14.2 Å². The topological polar surface area (TPSA) is 94.2 Å². The molecule has 1 aromatic carbocycles. The highest BCUT2D eigenvalue weighted by Crippen LogP contribution is 2.22. The predicted molar refractivity (Wildman–Crippen MR) is 85.2 cm³/mol. The Morgan fingerprint density at radius 3 is 2.17 bits per heavy atom. The van der Waals surface area contributed by atoms with E-state index in [0.717, 1.165) is 5.01 Å². The maximum atomic E-state index is 12.1. The van der Waals surface area contributed by atoms with Crippen LogP contribution in [0.1, 0.15) is 39.3 Å². The molecule has 0 heterocycles. The summed E-state index contributed by atoms with van der Waals surface area (Å²) in [7, 11) is 0. The van der Waals surface area contributed by atoms with Gasteiger partial charge in [0.15, 0.2) is 0 Å². The number of benzene rings is 1. The first-order chi connectivity index (χ1) is 11.4. The fourth-order valence-corrected chi connectivity index (χ4v) is 1.88. The van der Waals surface area contributed by atoms with Gasteiger partial charge in [-0.1, -0.05) is 12.1 Å². The van der Waals surface area contributed by atoms with Gasteiger partial charge in [-0.25, -0.2) is 20.0 Å². The van der Waals surface area contributed by atoms with Crippen LogP contribution in [0.4, 0.5) is 9.59 Å². The summed E-state index contributed by atoms with van der Waals surface area (Å²) in [6, 6.07) is 6.03. The fraction of sp³-hybridized carbons (Fsp3) is 0.438. The molecule has 0 aromatic heterocycles. The number of rotatable bonds is 5. The van der Waals surface area contributed by atoms with Crippen molar-refractivity contribution < 1.29 is 28.6 Å². The summed E-state index contributed by atoms with van der Waals surface area (Å²) < 4.78 is 14.7. The number of nitrogens with one attached hydrogen (secondary N) is 1. The number of hydrogen-bond acceptors (Lipinski definition) is 6. The summed E-state index contributed by atoms with van der Waals surface area (Å²) in [4.78, 5) is 34.6. The molecule has 0 aliphatic carbocycles. The number of amides is 2. The van der Waals surface area contributed by atoms with Crippen LogP contribution in [-0.2, 0) is 14.3 Å². The van der Waals surface area contributed by atoms with Crippen LogP contribution in [0.2, 0.25) is 0 Å². The van der Waals surface area contributed by atoms with Crippen LogP contribution in [0.5, 0.6) is 5.75 Å². The number of hydrazine groups is 1. The van der Waals surface area contributed by atoms with Crippen LogP contribution in [-0.4, -0.2) is 36.4 Å². The Labute approximate surface area is 140 Å². The van der Waals surface area contributed by atoms with Gasteiger partial charge in [-0.3, -0.25) is 4.79 Å². The average molecular weight is 338 g/mol. The van der Waals surface area contributed by atoms with E-state index in [9.17, 15) is 14.4 Å². The SMILES string of the molecule is CCOC(=O)NN(C(=O)OCC)C(C)c1ccc(OC(C)=O)cc1. The highest BCUT2D eigenvalue weighted by atomic mass is 16.6. The van der Waals surface area contributed by atoms with E-state index >= 15 is 0 Å². The summed E-state index contributed by atoms with van der Waals surface area (Å²) in [5.41, 5.74) is 3.06. The van der Waals surface area contributed by atoms with E-state index in [-0.39, 0.29) is 13.2 Å². The normalized spacial score (nSPS) is 11.2. The summed E-state index contributed by atoms with van der Waals surface area (Å²) in [5.74, 6) is -0.0348. The first-order valence-electron chi connectivity index (χ1n) is 7.56. The van der Waals surface area contributed by atoms with Crippen LogP contribution >= 0.6 is 0 Å². The maximum absolute atomic E-state index is 12.1. The zero-order valence-corrected chi connectivity index (χ0v) is 14.2. The second kappa shape index (κ2) is 9.39. The molecule has 132 valence electrons. The van der Waals surface area contributed by atoms with E-state index in [2.05, 4.69) is 5.43 Å². The third kappa shape index (κ3) is 5.79. The van der Waals surface area contributed by atoms with Crippen LogP contribution in [0, 0.1) is 0 Å². The van der Waals surface area contributed by atoms with Crippen molar-refractivity contribution in [2.75, 3.05) is 13.2 Å². The van der Waals surface area contributed by atoms with Gasteiger partial charge in [0.2, 0.25) is 0 Å². The van der Waals surface area contributed by atoms with Crippen molar-refractivity contribution in [3.05, 3.63) is 29.8 Å². The van der Waals surface area contributed by atoms with E-state index in [1.807, 2.05) is 0 Å². The van der Waals surface area contributed by atoms with Crippen molar-refractivity contribution in [1.29, 1.82) is 0 Å². The van der Waals surface area contributed by atoms with Crippen molar-refractivity contribution >= 4 is 18.2 Å². The number of carbonyl (C=O) groups is 3. The van der Waals surface area contributed by atoms with E-state index < -0.39 is 24.2 Å². The molecule has 0 aliphatic rings. The Morgan fingerprint density at radius 1 is 1.08 bits per heavy atom. The van der Waals surface area contributed by atoms with Gasteiger partial charge in [-0.15, -0.1) is 0 Å². The minimum absolute atomic E-state index is 0.165. The lowest BCUT2D eigenvalue weighted by atomic mass is 10.1. The standard InChI is InChI=1S/C16H22N2O6/c1-5-22-15(20)17-18(16(21)23-6-2)11(3)13-7-9-14(10-8-13)24-12(4)19/h7-11H,5-6H2,1-4H3,(H,17,20). The fourth-order valence-electron chi connectivity index (χ4n) is 1.88. The van der Waals surface area contributed by atoms with E-state index in [1.165, 1.54) is 6.92 Å². The molecule has 0 fully saturated rings. The van der Waals surface area contributed by atoms with E-state index in [1.54, 1.807) is 45.0 Å². The molecule has 0 bridgehead atoms. The van der Waals surface area contributed by atoms with Gasteiger partial charge >= 0.3 is 18.2 Å². The Hall–Kier alpha value is -2.77. The number of carbonyl (C=O) groups excluding carboxylic acids is 3. The lowest BCUT2D eigenvalue weighted by molar-refractivity contribution is -0.131. The molecule has 8 heteroatoms. The molecule has 1 atom stereocenters. The van der Waals surface area contributed by atoms with Gasteiger partial charge in [0.05, 0.1) is 19.3 Å². The van der Waals surface area contributed by atoms with Crippen molar-refractivity contribution in [3.63, 3.8) is 0 Å². The van der Waals surface area contributed by atoms with E-state index in [0.29, 0.717) is 11.3 Å². The second-order valence-corrected chi connectivity index (χ2v) is 4.74. The molecule has 1 N–H and O–H groups in total. The Balaban J connectivity index is 2.92. The number of nitrogens with zero attached hydrogens (tertiary/aromatic N) is 1. The number of hydrogen-bond donors (Lipinski definition) is 1. The molecule has 1 rings (SSSR count). The molecule has 1 aromatic rings. The van der Waals surface area contributed by atoms with Gasteiger partial charge in [0.1, 0.15) is 5.75 Å². The van der Waals surface area contributed by atoms with Crippen LogP contribution in [0.15, 0.2) is 24.3 Å². The number of ether oxygens (including phenoxy) is 3. The van der Waals surface area contributed by atoms with Crippen LogP contribution in [0.3, 0.4) is 0 Å².